The average molecular weight is 548 g/mol. The van der Waals surface area contributed by atoms with E-state index in [9.17, 15) is 18.0 Å². The molecule has 1 N–H and O–H groups in total. The molecular weight excluding hydrogens is 521 g/mol. The lowest BCUT2D eigenvalue weighted by Crippen LogP contribution is -2.50. The van der Waals surface area contributed by atoms with E-state index < -0.39 is 28.5 Å². The van der Waals surface area contributed by atoms with Gasteiger partial charge in [0.15, 0.2) is 0 Å². The van der Waals surface area contributed by atoms with Gasteiger partial charge in [-0.2, -0.15) is 0 Å². The summed E-state index contributed by atoms with van der Waals surface area (Å²) in [6, 6.07) is 18.7. The van der Waals surface area contributed by atoms with Crippen molar-refractivity contribution in [1.29, 1.82) is 0 Å². The van der Waals surface area contributed by atoms with Crippen LogP contribution in [0, 0.1) is 6.92 Å². The fraction of sp³-hybridized carbons (Fsp3) is 0.231. The molecule has 3 aromatic carbocycles. The van der Waals surface area contributed by atoms with Gasteiger partial charge in [-0.1, -0.05) is 59.6 Å². The molecule has 0 heterocycles. The highest BCUT2D eigenvalue weighted by molar-refractivity contribution is 7.92. The number of hydrogen-bond acceptors (Lipinski definition) is 4. The first-order valence-corrected chi connectivity index (χ1v) is 13.3. The minimum Gasteiger partial charge on any atom is -0.357 e. The predicted octanol–water partition coefficient (Wildman–Crippen LogP) is 4.66. The smallest absolute Gasteiger partial charge is 0.264 e. The Morgan fingerprint density at radius 2 is 1.67 bits per heavy atom. The number of aryl methyl sites for hydroxylation is 1. The molecule has 190 valence electrons. The highest BCUT2D eigenvalue weighted by Crippen LogP contribution is 2.28. The van der Waals surface area contributed by atoms with Crippen LogP contribution < -0.4 is 9.62 Å². The lowest BCUT2D eigenvalue weighted by atomic mass is 10.1. The van der Waals surface area contributed by atoms with Crippen molar-refractivity contribution in [3.63, 3.8) is 0 Å². The number of hydrogen-bond donors (Lipinski definition) is 1. The minimum atomic E-state index is -4.14. The topological polar surface area (TPSA) is 86.8 Å². The monoisotopic (exact) mass is 547 g/mol. The van der Waals surface area contributed by atoms with Gasteiger partial charge in [0.2, 0.25) is 11.8 Å². The first-order valence-electron chi connectivity index (χ1n) is 11.1. The maximum absolute atomic E-state index is 13.7. The van der Waals surface area contributed by atoms with Crippen LogP contribution in [-0.4, -0.2) is 44.8 Å². The molecule has 0 saturated heterocycles. The Balaban J connectivity index is 2.05. The summed E-state index contributed by atoms with van der Waals surface area (Å²) in [5.41, 5.74) is 1.69. The van der Waals surface area contributed by atoms with Crippen molar-refractivity contribution in [1.82, 2.24) is 10.2 Å². The first-order chi connectivity index (χ1) is 17.0. The van der Waals surface area contributed by atoms with Crippen molar-refractivity contribution in [2.24, 2.45) is 0 Å². The van der Waals surface area contributed by atoms with Gasteiger partial charge in [0.05, 0.1) is 10.6 Å². The highest BCUT2D eigenvalue weighted by atomic mass is 35.5. The van der Waals surface area contributed by atoms with E-state index in [4.69, 9.17) is 23.2 Å². The summed E-state index contributed by atoms with van der Waals surface area (Å²) in [6.45, 7) is 2.89. The van der Waals surface area contributed by atoms with Gasteiger partial charge in [-0.15, -0.1) is 0 Å². The summed E-state index contributed by atoms with van der Waals surface area (Å²) < 4.78 is 28.3. The molecule has 0 radical (unpaired) electrons. The van der Waals surface area contributed by atoms with E-state index in [2.05, 4.69) is 5.32 Å². The van der Waals surface area contributed by atoms with Gasteiger partial charge in [-0.3, -0.25) is 13.9 Å². The van der Waals surface area contributed by atoms with E-state index in [1.807, 2.05) is 0 Å². The fourth-order valence-electron chi connectivity index (χ4n) is 3.61. The van der Waals surface area contributed by atoms with Crippen molar-refractivity contribution in [2.45, 2.75) is 31.3 Å². The zero-order valence-corrected chi connectivity index (χ0v) is 22.4. The van der Waals surface area contributed by atoms with Crippen molar-refractivity contribution in [3.8, 4) is 0 Å². The van der Waals surface area contributed by atoms with Crippen molar-refractivity contribution in [2.75, 3.05) is 17.9 Å². The SMILES string of the molecule is CNC(=O)[C@H](C)N(Cc1cccc(Cl)c1)C(=O)CN(c1ccc(C)c(Cl)c1)S(=O)(=O)c1ccccc1. The van der Waals surface area contributed by atoms with E-state index >= 15 is 0 Å². The molecule has 3 rings (SSSR count). The molecule has 0 unspecified atom stereocenters. The molecule has 0 aliphatic rings. The molecule has 0 bridgehead atoms. The van der Waals surface area contributed by atoms with E-state index in [0.717, 1.165) is 9.87 Å². The van der Waals surface area contributed by atoms with Crippen LogP contribution in [0.15, 0.2) is 77.7 Å². The van der Waals surface area contributed by atoms with Crippen LogP contribution in [0.25, 0.3) is 0 Å². The fourth-order valence-corrected chi connectivity index (χ4v) is 5.42. The van der Waals surface area contributed by atoms with Crippen LogP contribution in [0.4, 0.5) is 5.69 Å². The van der Waals surface area contributed by atoms with Crippen LogP contribution in [0.2, 0.25) is 10.0 Å². The minimum absolute atomic E-state index is 0.0234. The van der Waals surface area contributed by atoms with Crippen LogP contribution in [0.5, 0.6) is 0 Å². The Morgan fingerprint density at radius 3 is 2.28 bits per heavy atom. The highest BCUT2D eigenvalue weighted by Gasteiger charge is 2.32. The molecule has 0 saturated carbocycles. The van der Waals surface area contributed by atoms with Crippen molar-refractivity contribution in [3.05, 3.63) is 94.0 Å². The molecule has 36 heavy (non-hydrogen) atoms. The number of nitrogens with zero attached hydrogens (tertiary/aromatic N) is 2. The summed E-state index contributed by atoms with van der Waals surface area (Å²) in [6.07, 6.45) is 0. The van der Waals surface area contributed by atoms with E-state index in [1.54, 1.807) is 68.4 Å². The molecule has 1 atom stereocenters. The molecule has 0 aromatic heterocycles. The molecule has 0 aliphatic heterocycles. The molecule has 0 spiro atoms. The molecule has 7 nitrogen and oxygen atoms in total. The summed E-state index contributed by atoms with van der Waals surface area (Å²) in [4.78, 5) is 27.5. The third-order valence-corrected chi connectivity index (χ3v) is 8.14. The number of halogens is 2. The molecule has 0 fully saturated rings. The number of sulfonamides is 1. The quantitative estimate of drug-likeness (QED) is 0.422. The van der Waals surface area contributed by atoms with Crippen LogP contribution in [0.1, 0.15) is 18.1 Å². The van der Waals surface area contributed by atoms with Gasteiger partial charge in [-0.25, -0.2) is 8.42 Å². The second-order valence-electron chi connectivity index (χ2n) is 8.20. The van der Waals surface area contributed by atoms with Gasteiger partial charge < -0.3 is 10.2 Å². The number of likely N-dealkylation sites (N-methyl/N-ethyl adjacent to an activating group) is 1. The number of amides is 2. The zero-order chi connectivity index (χ0) is 26.5. The Labute approximate surface area is 221 Å². The van der Waals surface area contributed by atoms with E-state index in [-0.39, 0.29) is 23.0 Å². The molecular formula is C26H27Cl2N3O4S. The Hall–Kier alpha value is -3.07. The van der Waals surface area contributed by atoms with Crippen molar-refractivity contribution < 1.29 is 18.0 Å². The molecule has 10 heteroatoms. The summed E-state index contributed by atoms with van der Waals surface area (Å²) in [5.74, 6) is -0.955. The van der Waals surface area contributed by atoms with Gasteiger partial charge in [0.25, 0.3) is 10.0 Å². The second-order valence-corrected chi connectivity index (χ2v) is 10.9. The lowest BCUT2D eigenvalue weighted by molar-refractivity contribution is -0.139. The Bertz CT molecular complexity index is 1350. The number of carbonyl (C=O) groups is 2. The normalized spacial score (nSPS) is 12.0. The lowest BCUT2D eigenvalue weighted by Gasteiger charge is -2.32. The zero-order valence-electron chi connectivity index (χ0n) is 20.1. The maximum atomic E-state index is 13.7. The average Bonchev–Trinajstić information content (AvgIpc) is 2.87. The second kappa shape index (κ2) is 11.8. The number of nitrogens with one attached hydrogen (secondary N) is 1. The summed E-state index contributed by atoms with van der Waals surface area (Å²) in [5, 5.41) is 3.39. The van der Waals surface area contributed by atoms with Crippen LogP contribution >= 0.6 is 23.2 Å². The molecule has 3 aromatic rings. The van der Waals surface area contributed by atoms with Crippen LogP contribution in [0.3, 0.4) is 0 Å². The van der Waals surface area contributed by atoms with Crippen molar-refractivity contribution >= 4 is 50.7 Å². The number of anilines is 1. The third-order valence-electron chi connectivity index (χ3n) is 5.71. The molecule has 0 aliphatic carbocycles. The standard InChI is InChI=1S/C26H27Cl2N3O4S/c1-18-12-13-22(15-24(18)28)31(36(34,35)23-10-5-4-6-11-23)17-25(32)30(19(2)26(33)29-3)16-20-8-7-9-21(27)14-20/h4-15,19H,16-17H2,1-3H3,(H,29,33)/t19-/m0/s1. The number of rotatable bonds is 9. The Kier molecular flexibility index (Phi) is 9.00. The largest absolute Gasteiger partial charge is 0.357 e. The van der Waals surface area contributed by atoms with Gasteiger partial charge in [0.1, 0.15) is 12.6 Å². The third kappa shape index (κ3) is 6.37. The maximum Gasteiger partial charge on any atom is 0.264 e. The Morgan fingerprint density at radius 1 is 0.972 bits per heavy atom. The number of carbonyl (C=O) groups excluding carboxylic acids is 2. The molecule has 2 amide bonds. The summed E-state index contributed by atoms with van der Waals surface area (Å²) >= 11 is 12.4. The predicted molar refractivity (Wildman–Crippen MR) is 143 cm³/mol. The van der Waals surface area contributed by atoms with E-state index in [1.165, 1.54) is 30.1 Å². The van der Waals surface area contributed by atoms with E-state index in [0.29, 0.717) is 15.6 Å². The summed E-state index contributed by atoms with van der Waals surface area (Å²) in [7, 11) is -2.66. The van der Waals surface area contributed by atoms with Gasteiger partial charge in [-0.05, 0) is 61.4 Å². The van der Waals surface area contributed by atoms with Gasteiger partial charge in [0, 0.05) is 23.6 Å². The number of benzene rings is 3. The van der Waals surface area contributed by atoms with Gasteiger partial charge >= 0.3 is 0 Å². The van der Waals surface area contributed by atoms with Crippen LogP contribution in [-0.2, 0) is 26.2 Å². The first kappa shape index (κ1) is 27.5.